The van der Waals surface area contributed by atoms with E-state index in [1.165, 1.54) is 17.8 Å². The van der Waals surface area contributed by atoms with Gasteiger partial charge in [0.2, 0.25) is 5.95 Å². The van der Waals surface area contributed by atoms with Crippen molar-refractivity contribution < 1.29 is 9.18 Å². The van der Waals surface area contributed by atoms with Crippen molar-refractivity contribution in [3.63, 3.8) is 0 Å². The summed E-state index contributed by atoms with van der Waals surface area (Å²) in [6.07, 6.45) is 3.97. The summed E-state index contributed by atoms with van der Waals surface area (Å²) in [5.41, 5.74) is 4.50. The van der Waals surface area contributed by atoms with Crippen molar-refractivity contribution in [1.82, 2.24) is 9.97 Å². The first-order valence-electron chi connectivity index (χ1n) is 9.56. The average Bonchev–Trinajstić information content (AvgIpc) is 3.12. The molecule has 2 aromatic heterocycles. The Labute approximate surface area is 168 Å². The summed E-state index contributed by atoms with van der Waals surface area (Å²) in [6.45, 7) is 2.59. The minimum absolute atomic E-state index is 0.170. The van der Waals surface area contributed by atoms with E-state index in [0.29, 0.717) is 30.9 Å². The van der Waals surface area contributed by atoms with Crippen LogP contribution in [-0.2, 0) is 17.8 Å². The Morgan fingerprint density at radius 2 is 1.97 bits per heavy atom. The summed E-state index contributed by atoms with van der Waals surface area (Å²) in [5, 5.41) is 3.14. The van der Waals surface area contributed by atoms with E-state index in [1.807, 2.05) is 36.4 Å². The zero-order valence-corrected chi connectivity index (χ0v) is 16.1. The molecule has 0 amide bonds. The number of carbonyl (C=O) groups is 1. The molecule has 4 rings (SSSR count). The van der Waals surface area contributed by atoms with Gasteiger partial charge >= 0.3 is 0 Å². The van der Waals surface area contributed by atoms with Gasteiger partial charge in [-0.1, -0.05) is 37.3 Å². The summed E-state index contributed by atoms with van der Waals surface area (Å²) in [4.78, 5) is 25.1. The maximum absolute atomic E-state index is 13.0. The second-order valence-electron chi connectivity index (χ2n) is 7.22. The highest BCUT2D eigenvalue weighted by Gasteiger charge is 2.19. The van der Waals surface area contributed by atoms with Crippen LogP contribution in [0.25, 0.3) is 0 Å². The molecule has 0 unspecified atom stereocenters. The fraction of sp³-hybridized carbons (Fsp3) is 0.217. The maximum Gasteiger partial charge on any atom is 0.212 e. The van der Waals surface area contributed by atoms with Crippen molar-refractivity contribution in [3.05, 3.63) is 89.3 Å². The first kappa shape index (κ1) is 18.9. The molecule has 3 heterocycles. The Morgan fingerprint density at radius 3 is 2.72 bits per heavy atom. The molecular formula is C23H21FN4O. The van der Waals surface area contributed by atoms with Gasteiger partial charge in [0.05, 0.1) is 18.4 Å². The molecule has 1 N–H and O–H groups in total. The molecule has 1 aromatic carbocycles. The summed E-state index contributed by atoms with van der Waals surface area (Å²) in [5.74, 6) is 0.503. The lowest BCUT2D eigenvalue weighted by Gasteiger charge is -2.11. The number of aliphatic imine (C=N–C) groups is 1. The standard InChI is InChI=1S/C23H21FN4O/c1-15(16-5-3-2-4-6-16)9-20(29)11-19-10-17-12-27-23(21(17)14-25-19)28-18-7-8-22(24)26-13-18/h2-8,10,13-15H,9,11-12H2,1H3,(H,27,28)/t15-/m0/s1. The van der Waals surface area contributed by atoms with Gasteiger partial charge in [-0.3, -0.25) is 14.8 Å². The Balaban J connectivity index is 1.39. The van der Waals surface area contributed by atoms with Crippen LogP contribution in [0.1, 0.15) is 41.6 Å². The van der Waals surface area contributed by atoms with Crippen LogP contribution in [0, 0.1) is 5.95 Å². The van der Waals surface area contributed by atoms with E-state index >= 15 is 0 Å². The molecule has 1 aliphatic rings. The van der Waals surface area contributed by atoms with Crippen molar-refractivity contribution in [3.8, 4) is 0 Å². The van der Waals surface area contributed by atoms with Gasteiger partial charge in [-0.15, -0.1) is 0 Å². The Bertz CT molecular complexity index is 1050. The number of pyridine rings is 2. The topological polar surface area (TPSA) is 67.2 Å². The Morgan fingerprint density at radius 1 is 1.14 bits per heavy atom. The monoisotopic (exact) mass is 388 g/mol. The summed E-state index contributed by atoms with van der Waals surface area (Å²) in [6, 6.07) is 14.9. The number of hydrogen-bond donors (Lipinski definition) is 1. The number of Topliss-reactive ketones (excluding diaryl/α,β-unsaturated/α-hetero) is 1. The lowest BCUT2D eigenvalue weighted by Crippen LogP contribution is -2.13. The molecule has 1 atom stereocenters. The zero-order chi connectivity index (χ0) is 20.2. The van der Waals surface area contributed by atoms with E-state index in [-0.39, 0.29) is 11.7 Å². The fourth-order valence-corrected chi connectivity index (χ4v) is 3.45. The van der Waals surface area contributed by atoms with Crippen molar-refractivity contribution >= 4 is 17.3 Å². The molecule has 0 radical (unpaired) electrons. The van der Waals surface area contributed by atoms with Crippen LogP contribution in [0.5, 0.6) is 0 Å². The molecule has 0 bridgehead atoms. The average molecular weight is 388 g/mol. The highest BCUT2D eigenvalue weighted by Crippen LogP contribution is 2.22. The smallest absolute Gasteiger partial charge is 0.212 e. The number of rotatable bonds is 6. The van der Waals surface area contributed by atoms with Crippen LogP contribution in [0.15, 0.2) is 65.9 Å². The summed E-state index contributed by atoms with van der Waals surface area (Å²) >= 11 is 0. The van der Waals surface area contributed by atoms with E-state index in [2.05, 4.69) is 27.2 Å². The molecule has 146 valence electrons. The lowest BCUT2D eigenvalue weighted by atomic mass is 9.94. The number of hydrogen-bond acceptors (Lipinski definition) is 5. The molecule has 29 heavy (non-hydrogen) atoms. The fourth-order valence-electron chi connectivity index (χ4n) is 3.45. The number of fused-ring (bicyclic) bond motifs is 1. The molecular weight excluding hydrogens is 367 g/mol. The van der Waals surface area contributed by atoms with Gasteiger partial charge in [-0.25, -0.2) is 4.98 Å². The molecule has 0 fully saturated rings. The molecule has 0 aliphatic carbocycles. The predicted octanol–water partition coefficient (Wildman–Crippen LogP) is 4.29. The molecule has 5 nitrogen and oxygen atoms in total. The molecule has 1 aliphatic heterocycles. The number of carbonyl (C=O) groups excluding carboxylic acids is 1. The predicted molar refractivity (Wildman–Crippen MR) is 110 cm³/mol. The second kappa shape index (κ2) is 8.31. The normalized spacial score (nSPS) is 13.5. The minimum atomic E-state index is -0.526. The van der Waals surface area contributed by atoms with Crippen LogP contribution in [0.3, 0.4) is 0 Å². The van der Waals surface area contributed by atoms with Crippen molar-refractivity contribution in [2.75, 3.05) is 5.32 Å². The number of nitrogens with one attached hydrogen (secondary N) is 1. The van der Waals surface area contributed by atoms with Crippen molar-refractivity contribution in [2.45, 2.75) is 32.2 Å². The van der Waals surface area contributed by atoms with Gasteiger partial charge in [0.25, 0.3) is 0 Å². The lowest BCUT2D eigenvalue weighted by molar-refractivity contribution is -0.118. The van der Waals surface area contributed by atoms with E-state index < -0.39 is 5.95 Å². The van der Waals surface area contributed by atoms with Gasteiger partial charge in [0.1, 0.15) is 11.6 Å². The summed E-state index contributed by atoms with van der Waals surface area (Å²) in [7, 11) is 0. The largest absolute Gasteiger partial charge is 0.339 e. The van der Waals surface area contributed by atoms with Gasteiger partial charge in [0.15, 0.2) is 0 Å². The van der Waals surface area contributed by atoms with Crippen molar-refractivity contribution in [2.24, 2.45) is 4.99 Å². The molecule has 0 saturated heterocycles. The number of halogens is 1. The highest BCUT2D eigenvalue weighted by molar-refractivity contribution is 6.10. The van der Waals surface area contributed by atoms with E-state index in [4.69, 9.17) is 0 Å². The maximum atomic E-state index is 13.0. The molecule has 6 heteroatoms. The molecule has 0 spiro atoms. The number of amidine groups is 1. The number of nitrogens with zero attached hydrogens (tertiary/aromatic N) is 3. The van der Waals surface area contributed by atoms with Crippen molar-refractivity contribution in [1.29, 1.82) is 0 Å². The van der Waals surface area contributed by atoms with E-state index in [9.17, 15) is 9.18 Å². The molecule has 0 saturated carbocycles. The van der Waals surface area contributed by atoms with Crippen LogP contribution in [0.2, 0.25) is 0 Å². The third-order valence-corrected chi connectivity index (χ3v) is 4.98. The first-order chi connectivity index (χ1) is 14.1. The number of anilines is 1. The third-order valence-electron chi connectivity index (χ3n) is 4.98. The summed E-state index contributed by atoms with van der Waals surface area (Å²) < 4.78 is 13.0. The van der Waals surface area contributed by atoms with Gasteiger partial charge in [-0.2, -0.15) is 4.39 Å². The first-order valence-corrected chi connectivity index (χ1v) is 9.56. The molecule has 3 aromatic rings. The van der Waals surface area contributed by atoms with Gasteiger partial charge in [0, 0.05) is 30.3 Å². The van der Waals surface area contributed by atoms with Gasteiger partial charge in [-0.05, 0) is 35.2 Å². The zero-order valence-electron chi connectivity index (χ0n) is 16.1. The Hall–Kier alpha value is -3.41. The van der Waals surface area contributed by atoms with E-state index in [0.717, 1.165) is 16.8 Å². The minimum Gasteiger partial charge on any atom is -0.339 e. The van der Waals surface area contributed by atoms with Crippen LogP contribution in [-0.4, -0.2) is 21.6 Å². The number of benzene rings is 1. The van der Waals surface area contributed by atoms with Crippen LogP contribution >= 0.6 is 0 Å². The number of aromatic nitrogens is 2. The number of ketones is 1. The quantitative estimate of drug-likeness (QED) is 0.640. The Kier molecular flexibility index (Phi) is 5.42. The SMILES string of the molecule is C[C@@H](CC(=O)Cc1cc2c(cn1)C(Nc1ccc(F)nc1)=NC2)c1ccccc1. The van der Waals surface area contributed by atoms with Gasteiger partial charge < -0.3 is 5.32 Å². The van der Waals surface area contributed by atoms with E-state index in [1.54, 1.807) is 12.3 Å². The highest BCUT2D eigenvalue weighted by atomic mass is 19.1. The second-order valence-corrected chi connectivity index (χ2v) is 7.22. The van der Waals surface area contributed by atoms with Crippen LogP contribution in [0.4, 0.5) is 10.1 Å². The third kappa shape index (κ3) is 4.54. The van der Waals surface area contributed by atoms with Crippen LogP contribution < -0.4 is 5.32 Å².